The quantitative estimate of drug-likeness (QED) is 0.716. The molecular weight excluding hydrogens is 222 g/mol. The van der Waals surface area contributed by atoms with E-state index < -0.39 is 0 Å². The molecule has 1 rings (SSSR count). The summed E-state index contributed by atoms with van der Waals surface area (Å²) in [5, 5.41) is 3.42. The summed E-state index contributed by atoms with van der Waals surface area (Å²) in [6, 6.07) is 1.36. The van der Waals surface area contributed by atoms with Gasteiger partial charge in [0.05, 0.1) is 0 Å². The Balaban J connectivity index is 2.20. The highest BCUT2D eigenvalue weighted by atomic mass is 15.2. The van der Waals surface area contributed by atoms with Crippen LogP contribution in [0.25, 0.3) is 0 Å². The topological polar surface area (TPSA) is 18.5 Å². The summed E-state index contributed by atoms with van der Waals surface area (Å²) in [6.07, 6.45) is 4.09. The van der Waals surface area contributed by atoms with Crippen LogP contribution in [0, 0.1) is 5.92 Å². The first kappa shape index (κ1) is 15.9. The van der Waals surface area contributed by atoms with Gasteiger partial charge in [-0.3, -0.25) is 0 Å². The summed E-state index contributed by atoms with van der Waals surface area (Å²) < 4.78 is 0. The van der Waals surface area contributed by atoms with Gasteiger partial charge in [-0.25, -0.2) is 0 Å². The van der Waals surface area contributed by atoms with Gasteiger partial charge in [-0.2, -0.15) is 0 Å². The third-order valence-corrected chi connectivity index (χ3v) is 4.38. The van der Waals surface area contributed by atoms with Gasteiger partial charge in [0.1, 0.15) is 0 Å². The van der Waals surface area contributed by atoms with Crippen LogP contribution in [0.15, 0.2) is 0 Å². The molecule has 0 saturated carbocycles. The van der Waals surface area contributed by atoms with E-state index in [0.717, 1.165) is 12.6 Å². The van der Waals surface area contributed by atoms with Crippen LogP contribution < -0.4 is 5.32 Å². The minimum atomic E-state index is 0.608. The Hall–Kier alpha value is -0.120. The smallest absolute Gasteiger partial charge is 0.0214 e. The van der Waals surface area contributed by atoms with Crippen molar-refractivity contribution in [2.75, 3.05) is 40.3 Å². The van der Waals surface area contributed by atoms with Crippen molar-refractivity contribution < 1.29 is 0 Å². The second-order valence-electron chi connectivity index (χ2n) is 6.28. The van der Waals surface area contributed by atoms with Crippen molar-refractivity contribution in [1.82, 2.24) is 15.1 Å². The molecule has 0 bridgehead atoms. The van der Waals surface area contributed by atoms with Gasteiger partial charge in [0, 0.05) is 18.6 Å². The zero-order valence-electron chi connectivity index (χ0n) is 13.1. The molecule has 0 aromatic rings. The molecule has 1 heterocycles. The maximum Gasteiger partial charge on any atom is 0.0214 e. The van der Waals surface area contributed by atoms with Gasteiger partial charge in [0.25, 0.3) is 0 Å². The number of nitrogens with zero attached hydrogens (tertiary/aromatic N) is 2. The molecule has 2 unspecified atom stereocenters. The molecule has 108 valence electrons. The summed E-state index contributed by atoms with van der Waals surface area (Å²) in [6.45, 7) is 12.0. The van der Waals surface area contributed by atoms with Crippen LogP contribution in [0.4, 0.5) is 0 Å². The second kappa shape index (κ2) is 8.13. The van der Waals surface area contributed by atoms with Crippen LogP contribution in [0.1, 0.15) is 40.0 Å². The van der Waals surface area contributed by atoms with Crippen molar-refractivity contribution in [2.45, 2.75) is 52.1 Å². The molecule has 0 spiro atoms. The van der Waals surface area contributed by atoms with E-state index in [0.29, 0.717) is 12.0 Å². The third-order valence-electron chi connectivity index (χ3n) is 4.38. The maximum atomic E-state index is 3.42. The number of hydrogen-bond acceptors (Lipinski definition) is 3. The molecule has 0 aromatic heterocycles. The van der Waals surface area contributed by atoms with E-state index in [1.54, 1.807) is 0 Å². The Morgan fingerprint density at radius 3 is 2.28 bits per heavy atom. The first-order chi connectivity index (χ1) is 8.54. The van der Waals surface area contributed by atoms with Crippen LogP contribution in [0.2, 0.25) is 0 Å². The first-order valence-corrected chi connectivity index (χ1v) is 7.64. The summed E-state index contributed by atoms with van der Waals surface area (Å²) in [5.74, 6) is 0.702. The minimum absolute atomic E-state index is 0.608. The van der Waals surface area contributed by atoms with E-state index in [1.165, 1.54) is 38.9 Å². The predicted molar refractivity (Wildman–Crippen MR) is 80.1 cm³/mol. The highest BCUT2D eigenvalue weighted by Crippen LogP contribution is 2.14. The molecule has 1 aliphatic rings. The lowest BCUT2D eigenvalue weighted by molar-refractivity contribution is 0.203. The highest BCUT2D eigenvalue weighted by molar-refractivity contribution is 4.76. The zero-order valence-corrected chi connectivity index (χ0v) is 13.1. The average Bonchev–Trinajstić information content (AvgIpc) is 2.86. The Morgan fingerprint density at radius 2 is 1.78 bits per heavy atom. The maximum absolute atomic E-state index is 3.42. The van der Waals surface area contributed by atoms with Gasteiger partial charge in [-0.05, 0) is 65.8 Å². The van der Waals surface area contributed by atoms with E-state index in [-0.39, 0.29) is 0 Å². The van der Waals surface area contributed by atoms with Crippen molar-refractivity contribution in [2.24, 2.45) is 5.92 Å². The van der Waals surface area contributed by atoms with Gasteiger partial charge in [0.2, 0.25) is 0 Å². The van der Waals surface area contributed by atoms with Crippen molar-refractivity contribution >= 4 is 0 Å². The molecule has 3 nitrogen and oxygen atoms in total. The Bertz CT molecular complexity index is 212. The van der Waals surface area contributed by atoms with Crippen molar-refractivity contribution in [3.63, 3.8) is 0 Å². The van der Waals surface area contributed by atoms with Crippen LogP contribution in [-0.4, -0.2) is 62.2 Å². The van der Waals surface area contributed by atoms with Crippen molar-refractivity contribution in [1.29, 1.82) is 0 Å². The van der Waals surface area contributed by atoms with Gasteiger partial charge < -0.3 is 15.1 Å². The van der Waals surface area contributed by atoms with Gasteiger partial charge in [0.15, 0.2) is 0 Å². The lowest BCUT2D eigenvalue weighted by atomic mass is 10.0. The molecule has 18 heavy (non-hydrogen) atoms. The summed E-state index contributed by atoms with van der Waals surface area (Å²) in [7, 11) is 4.33. The molecule has 1 N–H and O–H groups in total. The summed E-state index contributed by atoms with van der Waals surface area (Å²) >= 11 is 0. The highest BCUT2D eigenvalue weighted by Gasteiger charge is 2.19. The predicted octanol–water partition coefficient (Wildman–Crippen LogP) is 2.04. The second-order valence-corrected chi connectivity index (χ2v) is 6.28. The molecule has 2 atom stereocenters. The molecule has 0 aromatic carbocycles. The lowest BCUT2D eigenvalue weighted by Gasteiger charge is -2.29. The third kappa shape index (κ3) is 5.25. The fourth-order valence-corrected chi connectivity index (χ4v) is 2.83. The molecule has 3 heteroatoms. The average molecular weight is 255 g/mol. The van der Waals surface area contributed by atoms with E-state index >= 15 is 0 Å². The fraction of sp³-hybridized carbons (Fsp3) is 1.00. The van der Waals surface area contributed by atoms with Crippen LogP contribution in [0.5, 0.6) is 0 Å². The summed E-state index contributed by atoms with van der Waals surface area (Å²) in [5.41, 5.74) is 0. The number of rotatable bonds is 8. The fourth-order valence-electron chi connectivity index (χ4n) is 2.83. The molecule has 1 fully saturated rings. The molecule has 0 amide bonds. The van der Waals surface area contributed by atoms with E-state index in [9.17, 15) is 0 Å². The largest absolute Gasteiger partial charge is 0.315 e. The molecule has 1 saturated heterocycles. The Labute approximate surface area is 114 Å². The minimum Gasteiger partial charge on any atom is -0.315 e. The zero-order chi connectivity index (χ0) is 13.5. The Morgan fingerprint density at radius 1 is 1.17 bits per heavy atom. The number of likely N-dealkylation sites (N-methyl/N-ethyl adjacent to an activating group) is 2. The monoisotopic (exact) mass is 255 g/mol. The van der Waals surface area contributed by atoms with E-state index in [1.807, 2.05) is 0 Å². The molecular formula is C15H33N3. The van der Waals surface area contributed by atoms with Gasteiger partial charge in [-0.15, -0.1) is 0 Å². The SMILES string of the molecule is CNC(CN(C)CCC(C)N1CCCC1)C(C)C. The van der Waals surface area contributed by atoms with E-state index in [2.05, 4.69) is 50.0 Å². The Kier molecular flexibility index (Phi) is 7.20. The van der Waals surface area contributed by atoms with Gasteiger partial charge in [-0.1, -0.05) is 13.8 Å². The number of nitrogens with one attached hydrogen (secondary N) is 1. The molecule has 0 aliphatic carbocycles. The van der Waals surface area contributed by atoms with Crippen LogP contribution in [0.3, 0.4) is 0 Å². The normalized spacial score (nSPS) is 20.8. The van der Waals surface area contributed by atoms with Crippen molar-refractivity contribution in [3.8, 4) is 0 Å². The molecule has 0 radical (unpaired) electrons. The standard InChI is InChI=1S/C15H33N3/c1-13(2)15(16-4)12-17(5)11-8-14(3)18-9-6-7-10-18/h13-16H,6-12H2,1-5H3. The van der Waals surface area contributed by atoms with Crippen LogP contribution in [-0.2, 0) is 0 Å². The van der Waals surface area contributed by atoms with Crippen LogP contribution >= 0.6 is 0 Å². The van der Waals surface area contributed by atoms with Gasteiger partial charge >= 0.3 is 0 Å². The first-order valence-electron chi connectivity index (χ1n) is 7.64. The van der Waals surface area contributed by atoms with Crippen molar-refractivity contribution in [3.05, 3.63) is 0 Å². The molecule has 1 aliphatic heterocycles. The number of hydrogen-bond donors (Lipinski definition) is 1. The number of likely N-dealkylation sites (tertiary alicyclic amines) is 1. The lowest BCUT2D eigenvalue weighted by Crippen LogP contribution is -2.42. The summed E-state index contributed by atoms with van der Waals surface area (Å²) in [4.78, 5) is 5.12. The van der Waals surface area contributed by atoms with E-state index in [4.69, 9.17) is 0 Å².